The Morgan fingerprint density at radius 1 is 1.03 bits per heavy atom. The Morgan fingerprint density at radius 2 is 1.67 bits per heavy atom. The maximum Gasteiger partial charge on any atom is 0.394 e. The number of methoxy groups -OCH3 is 1. The van der Waals surface area contributed by atoms with Gasteiger partial charge in [-0.15, -0.1) is 0 Å². The number of ether oxygens (including phenoxy) is 3. The number of nitrogens with zero attached hydrogens (tertiary/aromatic N) is 1. The van der Waals surface area contributed by atoms with Crippen molar-refractivity contribution in [2.45, 2.75) is 6.54 Å². The Hall–Kier alpha value is -3.21. The molecule has 0 atom stereocenters. The van der Waals surface area contributed by atoms with Crippen molar-refractivity contribution in [2.24, 2.45) is 0 Å². The number of aromatic hydroxyl groups is 1. The van der Waals surface area contributed by atoms with E-state index in [0.29, 0.717) is 12.3 Å². The molecule has 3 N–H and O–H groups in total. The number of anilines is 1. The summed E-state index contributed by atoms with van der Waals surface area (Å²) < 4.78 is 47.9. The van der Waals surface area contributed by atoms with Gasteiger partial charge in [-0.3, -0.25) is 9.11 Å². The summed E-state index contributed by atoms with van der Waals surface area (Å²) >= 11 is 0. The first-order valence-electron chi connectivity index (χ1n) is 8.84. The van der Waals surface area contributed by atoms with E-state index in [1.807, 2.05) is 31.3 Å². The Bertz CT molecular complexity index is 1250. The number of phenolic OH excluding ortho intramolecular Hbond substituents is 1. The molecule has 9 nitrogen and oxygen atoms in total. The van der Waals surface area contributed by atoms with Gasteiger partial charge in [0.1, 0.15) is 0 Å². The molecule has 2 heterocycles. The second-order valence-electron chi connectivity index (χ2n) is 6.83. The summed E-state index contributed by atoms with van der Waals surface area (Å²) in [6, 6.07) is 12.1. The number of benzene rings is 3. The monoisotopic (exact) mass is 433 g/mol. The van der Waals surface area contributed by atoms with Crippen molar-refractivity contribution in [2.75, 3.05) is 25.9 Å². The quantitative estimate of drug-likeness (QED) is 0.496. The van der Waals surface area contributed by atoms with Crippen molar-refractivity contribution < 1.29 is 36.8 Å². The van der Waals surface area contributed by atoms with Crippen molar-refractivity contribution in [1.29, 1.82) is 0 Å². The smallest absolute Gasteiger partial charge is 0.394 e. The SMILES string of the molecule is COc1ccc2c(c1O)CN(C)c1c-2ccc2cc3c(cc12)OCO3.O=S(=O)(O)O. The van der Waals surface area contributed by atoms with Crippen LogP contribution >= 0.6 is 0 Å². The topological polar surface area (TPSA) is 126 Å². The Kier molecular flexibility index (Phi) is 4.85. The lowest BCUT2D eigenvalue weighted by molar-refractivity contribution is 0.174. The van der Waals surface area contributed by atoms with Crippen LogP contribution in [-0.4, -0.2) is 43.6 Å². The molecule has 0 radical (unpaired) electrons. The van der Waals surface area contributed by atoms with Gasteiger partial charge in [0.25, 0.3) is 0 Å². The van der Waals surface area contributed by atoms with E-state index in [4.69, 9.17) is 31.7 Å². The Balaban J connectivity index is 0.000000393. The van der Waals surface area contributed by atoms with Gasteiger partial charge in [0.2, 0.25) is 6.79 Å². The number of phenols is 1. The number of fused-ring (bicyclic) bond motifs is 6. The average molecular weight is 433 g/mol. The largest absolute Gasteiger partial charge is 0.504 e. The van der Waals surface area contributed by atoms with Crippen molar-refractivity contribution in [3.05, 3.63) is 42.0 Å². The molecular weight excluding hydrogens is 414 g/mol. The van der Waals surface area contributed by atoms with E-state index in [0.717, 1.165) is 44.6 Å². The second-order valence-corrected chi connectivity index (χ2v) is 7.73. The summed E-state index contributed by atoms with van der Waals surface area (Å²) in [4.78, 5) is 2.15. The molecule has 30 heavy (non-hydrogen) atoms. The lowest BCUT2D eigenvalue weighted by Gasteiger charge is -2.31. The van der Waals surface area contributed by atoms with Gasteiger partial charge in [0, 0.05) is 30.1 Å². The van der Waals surface area contributed by atoms with Gasteiger partial charge in [-0.1, -0.05) is 12.1 Å². The van der Waals surface area contributed by atoms with Crippen LogP contribution in [0, 0.1) is 0 Å². The van der Waals surface area contributed by atoms with Crippen LogP contribution in [0.4, 0.5) is 5.69 Å². The van der Waals surface area contributed by atoms with Gasteiger partial charge >= 0.3 is 10.4 Å². The zero-order valence-electron chi connectivity index (χ0n) is 16.1. The predicted octanol–water partition coefficient (Wildman–Crippen LogP) is 3.25. The third kappa shape index (κ3) is 3.56. The minimum absolute atomic E-state index is 0.211. The highest BCUT2D eigenvalue weighted by molar-refractivity contribution is 7.79. The van der Waals surface area contributed by atoms with Crippen LogP contribution in [0.3, 0.4) is 0 Å². The lowest BCUT2D eigenvalue weighted by Crippen LogP contribution is -2.22. The molecule has 0 saturated heterocycles. The molecule has 2 aliphatic rings. The molecular formula is C20H19NO8S. The van der Waals surface area contributed by atoms with Crippen molar-refractivity contribution in [3.8, 4) is 34.1 Å². The fraction of sp³-hybridized carbons (Fsp3) is 0.200. The van der Waals surface area contributed by atoms with Crippen LogP contribution in [0.5, 0.6) is 23.0 Å². The molecule has 0 spiro atoms. The third-order valence-corrected chi connectivity index (χ3v) is 5.02. The molecule has 0 bridgehead atoms. The molecule has 3 aromatic rings. The van der Waals surface area contributed by atoms with Crippen LogP contribution in [0.15, 0.2) is 36.4 Å². The fourth-order valence-corrected chi connectivity index (χ4v) is 3.83. The number of hydrogen-bond acceptors (Lipinski definition) is 7. The standard InChI is InChI=1S/C20H17NO4.H2O4S/c1-21-9-15-12(5-6-16(23-2)20(15)22)13-4-3-11-7-17-18(25-10-24-17)8-14(11)19(13)21;1-5(2,3)4/h3-8,22H,9-10H2,1-2H3;(H2,1,2,3,4). The van der Waals surface area contributed by atoms with Gasteiger partial charge in [0.15, 0.2) is 23.0 Å². The van der Waals surface area contributed by atoms with E-state index < -0.39 is 10.4 Å². The van der Waals surface area contributed by atoms with Crippen LogP contribution in [0.1, 0.15) is 5.56 Å². The molecule has 5 rings (SSSR count). The summed E-state index contributed by atoms with van der Waals surface area (Å²) in [6.45, 7) is 0.874. The van der Waals surface area contributed by atoms with Gasteiger partial charge in [-0.05, 0) is 35.2 Å². The van der Waals surface area contributed by atoms with E-state index in [1.165, 1.54) is 0 Å². The molecule has 2 aliphatic heterocycles. The maximum atomic E-state index is 10.5. The molecule has 10 heteroatoms. The van der Waals surface area contributed by atoms with Crippen LogP contribution in [-0.2, 0) is 16.9 Å². The van der Waals surface area contributed by atoms with Gasteiger partial charge < -0.3 is 24.2 Å². The first kappa shape index (κ1) is 20.1. The highest BCUT2D eigenvalue weighted by Gasteiger charge is 2.27. The van der Waals surface area contributed by atoms with Crippen molar-refractivity contribution in [3.63, 3.8) is 0 Å². The average Bonchev–Trinajstić information content (AvgIpc) is 3.13. The minimum atomic E-state index is -4.67. The van der Waals surface area contributed by atoms with Crippen LogP contribution in [0.2, 0.25) is 0 Å². The summed E-state index contributed by atoms with van der Waals surface area (Å²) in [7, 11) is -1.07. The zero-order valence-corrected chi connectivity index (χ0v) is 16.9. The maximum absolute atomic E-state index is 10.5. The number of rotatable bonds is 1. The van der Waals surface area contributed by atoms with Gasteiger partial charge in [-0.25, -0.2) is 0 Å². The number of hydrogen-bond donors (Lipinski definition) is 3. The zero-order chi connectivity index (χ0) is 21.6. The van der Waals surface area contributed by atoms with E-state index in [1.54, 1.807) is 7.11 Å². The Morgan fingerprint density at radius 3 is 2.33 bits per heavy atom. The minimum Gasteiger partial charge on any atom is -0.504 e. The van der Waals surface area contributed by atoms with E-state index >= 15 is 0 Å². The third-order valence-electron chi connectivity index (χ3n) is 5.02. The summed E-state index contributed by atoms with van der Waals surface area (Å²) in [5.74, 6) is 2.27. The molecule has 0 amide bonds. The highest BCUT2D eigenvalue weighted by Crippen LogP contribution is 2.49. The van der Waals surface area contributed by atoms with Crippen LogP contribution < -0.4 is 19.1 Å². The summed E-state index contributed by atoms with van der Waals surface area (Å²) in [5.41, 5.74) is 4.14. The summed E-state index contributed by atoms with van der Waals surface area (Å²) in [5, 5.41) is 12.8. The first-order chi connectivity index (χ1) is 14.2. The van der Waals surface area contributed by atoms with Crippen molar-refractivity contribution >= 4 is 26.9 Å². The van der Waals surface area contributed by atoms with Gasteiger partial charge in [0.05, 0.1) is 12.8 Å². The first-order valence-corrected chi connectivity index (χ1v) is 10.2. The fourth-order valence-electron chi connectivity index (χ4n) is 3.83. The van der Waals surface area contributed by atoms with Crippen LogP contribution in [0.25, 0.3) is 21.9 Å². The molecule has 0 fully saturated rings. The second kappa shape index (κ2) is 7.24. The predicted molar refractivity (Wildman–Crippen MR) is 110 cm³/mol. The lowest BCUT2D eigenvalue weighted by atomic mass is 9.90. The normalized spacial score (nSPS) is 13.9. The molecule has 0 unspecified atom stereocenters. The van der Waals surface area contributed by atoms with E-state index in [9.17, 15) is 5.11 Å². The van der Waals surface area contributed by atoms with E-state index in [2.05, 4.69) is 17.0 Å². The Labute approximate surface area is 172 Å². The summed E-state index contributed by atoms with van der Waals surface area (Å²) in [6.07, 6.45) is 0. The molecule has 0 aliphatic carbocycles. The van der Waals surface area contributed by atoms with E-state index in [-0.39, 0.29) is 12.5 Å². The molecule has 158 valence electrons. The highest BCUT2D eigenvalue weighted by atomic mass is 32.3. The van der Waals surface area contributed by atoms with Gasteiger partial charge in [-0.2, -0.15) is 8.42 Å². The molecule has 0 saturated carbocycles. The van der Waals surface area contributed by atoms with Crippen molar-refractivity contribution in [1.82, 2.24) is 0 Å². The molecule has 0 aromatic heterocycles. The molecule has 3 aromatic carbocycles.